The molecule has 1 saturated heterocycles. The topological polar surface area (TPSA) is 63.2 Å². The Morgan fingerprint density at radius 1 is 1.63 bits per heavy atom. The molecule has 1 unspecified atom stereocenters. The van der Waals surface area contributed by atoms with Crippen molar-refractivity contribution in [3.05, 3.63) is 16.1 Å². The van der Waals surface area contributed by atoms with Crippen molar-refractivity contribution in [2.24, 2.45) is 0 Å². The van der Waals surface area contributed by atoms with Gasteiger partial charge in [0.15, 0.2) is 0 Å². The molecule has 110 valence electrons. The molecule has 0 aromatic carbocycles. The number of halogens is 2. The van der Waals surface area contributed by atoms with Crippen LogP contribution in [0.5, 0.6) is 0 Å². The standard InChI is InChI=1S/C11H17N3O2S.2ClH/c1-8-14-9(7-17-8)2-3-13-11(15)10-6-12-4-5-16-10;;/h7,10,12H,2-6H2,1H3,(H,13,15);2*1H. The highest BCUT2D eigenvalue weighted by Crippen LogP contribution is 2.07. The molecule has 1 aliphatic rings. The van der Waals surface area contributed by atoms with E-state index in [0.717, 1.165) is 23.7 Å². The number of hydrogen-bond donors (Lipinski definition) is 2. The number of hydrogen-bond acceptors (Lipinski definition) is 5. The number of nitrogens with zero attached hydrogens (tertiary/aromatic N) is 1. The van der Waals surface area contributed by atoms with Crippen LogP contribution in [0.4, 0.5) is 0 Å². The first kappa shape index (κ1) is 18.6. The first-order chi connectivity index (χ1) is 8.25. The number of carbonyl (C=O) groups excluding carboxylic acids is 1. The van der Waals surface area contributed by atoms with Crippen molar-refractivity contribution >= 4 is 42.1 Å². The Morgan fingerprint density at radius 3 is 3.00 bits per heavy atom. The lowest BCUT2D eigenvalue weighted by Crippen LogP contribution is -2.48. The second kappa shape index (κ2) is 9.50. The molecule has 0 spiro atoms. The van der Waals surface area contributed by atoms with Crippen LogP contribution in [-0.2, 0) is 16.0 Å². The van der Waals surface area contributed by atoms with Crippen LogP contribution in [0.25, 0.3) is 0 Å². The number of carbonyl (C=O) groups is 1. The molecule has 0 saturated carbocycles. The van der Waals surface area contributed by atoms with E-state index in [-0.39, 0.29) is 36.8 Å². The maximum absolute atomic E-state index is 11.7. The van der Waals surface area contributed by atoms with Crippen molar-refractivity contribution in [3.63, 3.8) is 0 Å². The molecular formula is C11H19Cl2N3O2S. The maximum atomic E-state index is 11.7. The van der Waals surface area contributed by atoms with Crippen LogP contribution in [0.1, 0.15) is 10.7 Å². The van der Waals surface area contributed by atoms with Crippen molar-refractivity contribution in [2.45, 2.75) is 19.4 Å². The van der Waals surface area contributed by atoms with E-state index < -0.39 is 0 Å². The minimum Gasteiger partial charge on any atom is -0.366 e. The summed E-state index contributed by atoms with van der Waals surface area (Å²) in [6.07, 6.45) is 0.428. The van der Waals surface area contributed by atoms with Crippen molar-refractivity contribution in [1.29, 1.82) is 0 Å². The van der Waals surface area contributed by atoms with Gasteiger partial charge < -0.3 is 15.4 Å². The SMILES string of the molecule is Cc1nc(CCNC(=O)C2CNCCO2)cs1.Cl.Cl. The summed E-state index contributed by atoms with van der Waals surface area (Å²) in [5.41, 5.74) is 1.04. The van der Waals surface area contributed by atoms with Gasteiger partial charge in [0.05, 0.1) is 17.3 Å². The fourth-order valence-corrected chi connectivity index (χ4v) is 2.33. The Morgan fingerprint density at radius 2 is 2.42 bits per heavy atom. The number of ether oxygens (including phenoxy) is 1. The summed E-state index contributed by atoms with van der Waals surface area (Å²) in [7, 11) is 0. The molecule has 8 heteroatoms. The van der Waals surface area contributed by atoms with Crippen LogP contribution in [-0.4, -0.2) is 43.2 Å². The molecule has 0 bridgehead atoms. The second-order valence-corrected chi connectivity index (χ2v) is 5.02. The van der Waals surface area contributed by atoms with Crippen LogP contribution < -0.4 is 10.6 Å². The van der Waals surface area contributed by atoms with E-state index in [4.69, 9.17) is 4.74 Å². The summed E-state index contributed by atoms with van der Waals surface area (Å²) >= 11 is 1.63. The maximum Gasteiger partial charge on any atom is 0.250 e. The zero-order valence-electron chi connectivity index (χ0n) is 10.7. The van der Waals surface area contributed by atoms with Crippen molar-refractivity contribution in [1.82, 2.24) is 15.6 Å². The summed E-state index contributed by atoms with van der Waals surface area (Å²) < 4.78 is 5.36. The highest BCUT2D eigenvalue weighted by atomic mass is 35.5. The lowest BCUT2D eigenvalue weighted by molar-refractivity contribution is -0.134. The van der Waals surface area contributed by atoms with Gasteiger partial charge in [0.1, 0.15) is 6.10 Å². The summed E-state index contributed by atoms with van der Waals surface area (Å²) in [5.74, 6) is -0.0378. The molecule has 1 aromatic rings. The molecule has 0 radical (unpaired) electrons. The molecule has 5 nitrogen and oxygen atoms in total. The molecule has 1 aliphatic heterocycles. The van der Waals surface area contributed by atoms with Crippen LogP contribution >= 0.6 is 36.2 Å². The molecule has 1 atom stereocenters. The molecule has 2 N–H and O–H groups in total. The van der Waals surface area contributed by atoms with Gasteiger partial charge >= 0.3 is 0 Å². The Kier molecular flexibility index (Phi) is 9.30. The van der Waals surface area contributed by atoms with Gasteiger partial charge in [-0.1, -0.05) is 0 Å². The van der Waals surface area contributed by atoms with E-state index in [1.807, 2.05) is 12.3 Å². The third kappa shape index (κ3) is 6.05. The second-order valence-electron chi connectivity index (χ2n) is 3.96. The number of nitrogens with one attached hydrogen (secondary N) is 2. The average molecular weight is 328 g/mol. The van der Waals surface area contributed by atoms with Gasteiger partial charge in [-0.3, -0.25) is 4.79 Å². The zero-order valence-corrected chi connectivity index (χ0v) is 13.1. The first-order valence-electron chi connectivity index (χ1n) is 5.77. The minimum absolute atomic E-state index is 0. The monoisotopic (exact) mass is 327 g/mol. The summed E-state index contributed by atoms with van der Waals surface area (Å²) in [5, 5.41) is 9.09. The highest BCUT2D eigenvalue weighted by molar-refractivity contribution is 7.09. The fourth-order valence-electron chi connectivity index (χ4n) is 1.68. The van der Waals surface area contributed by atoms with Gasteiger partial charge in [-0.15, -0.1) is 36.2 Å². The van der Waals surface area contributed by atoms with Crippen LogP contribution in [0, 0.1) is 6.92 Å². The van der Waals surface area contributed by atoms with Crippen molar-refractivity contribution in [3.8, 4) is 0 Å². The lowest BCUT2D eigenvalue weighted by atomic mass is 10.2. The molecule has 2 heterocycles. The van der Waals surface area contributed by atoms with E-state index >= 15 is 0 Å². The number of morpholine rings is 1. The molecule has 0 aliphatic carbocycles. The van der Waals surface area contributed by atoms with E-state index in [2.05, 4.69) is 15.6 Å². The van der Waals surface area contributed by atoms with Gasteiger partial charge in [0.25, 0.3) is 0 Å². The first-order valence-corrected chi connectivity index (χ1v) is 6.65. The number of aromatic nitrogens is 1. The number of amides is 1. The molecule has 19 heavy (non-hydrogen) atoms. The lowest BCUT2D eigenvalue weighted by Gasteiger charge is -2.22. The molecule has 1 amide bonds. The fraction of sp³-hybridized carbons (Fsp3) is 0.636. The zero-order chi connectivity index (χ0) is 12.1. The molecule has 1 aromatic heterocycles. The third-order valence-corrected chi connectivity index (χ3v) is 3.39. The van der Waals surface area contributed by atoms with E-state index in [1.165, 1.54) is 0 Å². The van der Waals surface area contributed by atoms with Gasteiger partial charge in [-0.25, -0.2) is 4.98 Å². The smallest absolute Gasteiger partial charge is 0.250 e. The third-order valence-electron chi connectivity index (χ3n) is 2.57. The van der Waals surface area contributed by atoms with Crippen LogP contribution in [0.15, 0.2) is 5.38 Å². The Balaban J connectivity index is 0.00000162. The number of rotatable bonds is 4. The largest absolute Gasteiger partial charge is 0.366 e. The minimum atomic E-state index is -0.346. The van der Waals surface area contributed by atoms with Gasteiger partial charge in [0, 0.05) is 31.4 Å². The van der Waals surface area contributed by atoms with Crippen LogP contribution in [0.2, 0.25) is 0 Å². The van der Waals surface area contributed by atoms with Crippen molar-refractivity contribution in [2.75, 3.05) is 26.2 Å². The van der Waals surface area contributed by atoms with Gasteiger partial charge in [0.2, 0.25) is 5.91 Å². The Bertz CT molecular complexity index is 384. The highest BCUT2D eigenvalue weighted by Gasteiger charge is 2.20. The van der Waals surface area contributed by atoms with E-state index in [1.54, 1.807) is 11.3 Å². The molecule has 1 fully saturated rings. The number of thiazole rings is 1. The van der Waals surface area contributed by atoms with Crippen molar-refractivity contribution < 1.29 is 9.53 Å². The summed E-state index contributed by atoms with van der Waals surface area (Å²) in [6.45, 7) is 4.61. The molecular weight excluding hydrogens is 309 g/mol. The predicted molar refractivity (Wildman–Crippen MR) is 80.7 cm³/mol. The van der Waals surface area contributed by atoms with E-state index in [9.17, 15) is 4.79 Å². The molecule has 2 rings (SSSR count). The Hall–Kier alpha value is -0.400. The van der Waals surface area contributed by atoms with Gasteiger partial charge in [-0.2, -0.15) is 0 Å². The van der Waals surface area contributed by atoms with Gasteiger partial charge in [-0.05, 0) is 6.92 Å². The predicted octanol–water partition coefficient (Wildman–Crippen LogP) is 0.942. The van der Waals surface area contributed by atoms with E-state index in [0.29, 0.717) is 19.7 Å². The van der Waals surface area contributed by atoms with Crippen LogP contribution in [0.3, 0.4) is 0 Å². The number of aryl methyl sites for hydroxylation is 1. The summed E-state index contributed by atoms with van der Waals surface area (Å²) in [4.78, 5) is 16.0. The Labute approximate surface area is 129 Å². The quantitative estimate of drug-likeness (QED) is 0.864. The normalized spacial score (nSPS) is 18.1. The average Bonchev–Trinajstić information content (AvgIpc) is 2.76. The summed E-state index contributed by atoms with van der Waals surface area (Å²) in [6, 6.07) is 0.